The smallest absolute Gasteiger partial charge is 0.261 e. The van der Waals surface area contributed by atoms with Gasteiger partial charge in [-0.15, -0.1) is 0 Å². The summed E-state index contributed by atoms with van der Waals surface area (Å²) in [7, 11) is 0. The Bertz CT molecular complexity index is 1120. The molecule has 6 heteroatoms. The van der Waals surface area contributed by atoms with E-state index in [1.807, 2.05) is 60.7 Å². The summed E-state index contributed by atoms with van der Waals surface area (Å²) in [4.78, 5) is 29.0. The van der Waals surface area contributed by atoms with Crippen LogP contribution in [-0.4, -0.2) is 35.4 Å². The summed E-state index contributed by atoms with van der Waals surface area (Å²) in [6, 6.07) is 26.1. The number of amides is 2. The first kappa shape index (κ1) is 25.8. The molecule has 5 nitrogen and oxygen atoms in total. The highest BCUT2D eigenvalue weighted by molar-refractivity contribution is 6.30. The number of rotatable bonds is 10. The first-order chi connectivity index (χ1) is 17.6. The molecule has 1 aliphatic carbocycles. The van der Waals surface area contributed by atoms with Crippen molar-refractivity contribution >= 4 is 23.4 Å². The molecule has 3 aromatic carbocycles. The van der Waals surface area contributed by atoms with Crippen LogP contribution < -0.4 is 10.1 Å². The average Bonchev–Trinajstić information content (AvgIpc) is 2.91. The van der Waals surface area contributed by atoms with Gasteiger partial charge in [0, 0.05) is 24.0 Å². The van der Waals surface area contributed by atoms with Crippen molar-refractivity contribution in [3.05, 3.63) is 101 Å². The fourth-order valence-electron chi connectivity index (χ4n) is 4.66. The monoisotopic (exact) mass is 504 g/mol. The number of nitrogens with zero attached hydrogens (tertiary/aromatic N) is 1. The van der Waals surface area contributed by atoms with Gasteiger partial charge in [-0.2, -0.15) is 0 Å². The van der Waals surface area contributed by atoms with Crippen LogP contribution in [0.3, 0.4) is 0 Å². The summed E-state index contributed by atoms with van der Waals surface area (Å²) in [5, 5.41) is 3.79. The minimum absolute atomic E-state index is 0.113. The molecule has 36 heavy (non-hydrogen) atoms. The van der Waals surface area contributed by atoms with Gasteiger partial charge in [0.05, 0.1) is 0 Å². The Morgan fingerprint density at radius 1 is 0.889 bits per heavy atom. The molecule has 1 atom stereocenters. The highest BCUT2D eigenvalue weighted by Gasteiger charge is 2.32. The molecule has 1 fully saturated rings. The molecule has 0 radical (unpaired) electrons. The normalized spacial score (nSPS) is 14.6. The molecule has 0 bridgehead atoms. The average molecular weight is 505 g/mol. The number of ether oxygens (including phenoxy) is 1. The third-order valence-electron chi connectivity index (χ3n) is 6.58. The molecule has 0 aliphatic heterocycles. The van der Waals surface area contributed by atoms with Crippen molar-refractivity contribution in [1.82, 2.24) is 10.2 Å². The van der Waals surface area contributed by atoms with Gasteiger partial charge >= 0.3 is 0 Å². The van der Waals surface area contributed by atoms with Gasteiger partial charge < -0.3 is 15.0 Å². The van der Waals surface area contributed by atoms with Gasteiger partial charge in [-0.1, -0.05) is 97.6 Å². The highest BCUT2D eigenvalue weighted by atomic mass is 35.5. The summed E-state index contributed by atoms with van der Waals surface area (Å²) >= 11 is 6.08. The maximum absolute atomic E-state index is 13.7. The van der Waals surface area contributed by atoms with Crippen molar-refractivity contribution in [3.8, 4) is 5.75 Å². The molecular formula is C30H33ClN2O3. The Morgan fingerprint density at radius 3 is 2.22 bits per heavy atom. The topological polar surface area (TPSA) is 58.6 Å². The second-order valence-corrected chi connectivity index (χ2v) is 9.74. The molecule has 0 heterocycles. The Morgan fingerprint density at radius 2 is 1.56 bits per heavy atom. The Labute approximate surface area is 218 Å². The Balaban J connectivity index is 1.59. The summed E-state index contributed by atoms with van der Waals surface area (Å²) in [6.45, 7) is 0.128. The molecule has 188 valence electrons. The maximum Gasteiger partial charge on any atom is 0.261 e. The van der Waals surface area contributed by atoms with E-state index in [0.717, 1.165) is 36.8 Å². The van der Waals surface area contributed by atoms with Gasteiger partial charge in [-0.25, -0.2) is 0 Å². The number of carbonyl (C=O) groups excluding carboxylic acids is 2. The largest absolute Gasteiger partial charge is 0.484 e. The second kappa shape index (κ2) is 13.1. The second-order valence-electron chi connectivity index (χ2n) is 9.30. The van der Waals surface area contributed by atoms with E-state index in [2.05, 4.69) is 5.32 Å². The fraction of sp³-hybridized carbons (Fsp3) is 0.333. The number of carbonyl (C=O) groups is 2. The zero-order valence-electron chi connectivity index (χ0n) is 20.4. The molecule has 4 rings (SSSR count). The molecular weight excluding hydrogens is 472 g/mol. The van der Waals surface area contributed by atoms with Gasteiger partial charge in [-0.3, -0.25) is 9.59 Å². The van der Waals surface area contributed by atoms with E-state index in [0.29, 0.717) is 23.7 Å². The molecule has 0 aromatic heterocycles. The quantitative estimate of drug-likeness (QED) is 0.379. The molecule has 2 amide bonds. The van der Waals surface area contributed by atoms with Crippen molar-refractivity contribution in [3.63, 3.8) is 0 Å². The summed E-state index contributed by atoms with van der Waals surface area (Å²) < 4.78 is 5.79. The third-order valence-corrected chi connectivity index (χ3v) is 6.81. The van der Waals surface area contributed by atoms with Gasteiger partial charge in [0.25, 0.3) is 5.91 Å². The van der Waals surface area contributed by atoms with Crippen molar-refractivity contribution < 1.29 is 14.3 Å². The van der Waals surface area contributed by atoms with Crippen LogP contribution in [0.2, 0.25) is 5.02 Å². The van der Waals surface area contributed by atoms with Crippen molar-refractivity contribution in [2.24, 2.45) is 0 Å². The highest BCUT2D eigenvalue weighted by Crippen LogP contribution is 2.21. The van der Waals surface area contributed by atoms with Crippen molar-refractivity contribution in [1.29, 1.82) is 0 Å². The summed E-state index contributed by atoms with van der Waals surface area (Å²) in [5.41, 5.74) is 1.96. The van der Waals surface area contributed by atoms with Gasteiger partial charge in [0.15, 0.2) is 6.61 Å². The fourth-order valence-corrected chi connectivity index (χ4v) is 4.84. The van der Waals surface area contributed by atoms with Crippen LogP contribution in [0.25, 0.3) is 0 Å². The number of nitrogens with one attached hydrogen (secondary N) is 1. The molecule has 3 aromatic rings. The van der Waals surface area contributed by atoms with Gasteiger partial charge in [-0.05, 0) is 42.2 Å². The first-order valence-corrected chi connectivity index (χ1v) is 13.0. The van der Waals surface area contributed by atoms with E-state index >= 15 is 0 Å². The predicted octanol–water partition coefficient (Wildman–Crippen LogP) is 5.81. The van der Waals surface area contributed by atoms with Crippen molar-refractivity contribution in [2.45, 2.75) is 57.2 Å². The maximum atomic E-state index is 13.7. The van der Waals surface area contributed by atoms with E-state index in [-0.39, 0.29) is 24.5 Å². The number of hydrogen-bond acceptors (Lipinski definition) is 3. The zero-order chi connectivity index (χ0) is 25.2. The molecule has 1 unspecified atom stereocenters. The van der Waals surface area contributed by atoms with E-state index < -0.39 is 6.04 Å². The van der Waals surface area contributed by atoms with E-state index in [9.17, 15) is 9.59 Å². The van der Waals surface area contributed by atoms with Gasteiger partial charge in [0.1, 0.15) is 11.8 Å². The molecule has 1 N–H and O–H groups in total. The minimum Gasteiger partial charge on any atom is -0.484 e. The first-order valence-electron chi connectivity index (χ1n) is 12.6. The van der Waals surface area contributed by atoms with Crippen LogP contribution in [-0.2, 0) is 22.6 Å². The van der Waals surface area contributed by atoms with Crippen LogP contribution in [0.1, 0.15) is 43.2 Å². The summed E-state index contributed by atoms with van der Waals surface area (Å²) in [6.07, 6.45) is 5.83. The van der Waals surface area contributed by atoms with Gasteiger partial charge in [0.2, 0.25) is 5.91 Å². The lowest BCUT2D eigenvalue weighted by Gasteiger charge is -2.33. The van der Waals surface area contributed by atoms with Crippen molar-refractivity contribution in [2.75, 3.05) is 6.61 Å². The lowest BCUT2D eigenvalue weighted by atomic mass is 9.94. The summed E-state index contributed by atoms with van der Waals surface area (Å²) in [5.74, 6) is 0.151. The SMILES string of the molecule is O=C(NC1CCCCC1)C(Cc1ccccc1)N(Cc1ccccc1)C(=O)COc1cccc(Cl)c1. The van der Waals surface area contributed by atoms with Crippen LogP contribution in [0, 0.1) is 0 Å². The number of hydrogen-bond donors (Lipinski definition) is 1. The van der Waals surface area contributed by atoms with E-state index in [1.165, 1.54) is 6.42 Å². The standard InChI is InChI=1S/C30H33ClN2O3/c31-25-15-10-18-27(20-25)36-22-29(34)33(21-24-13-6-2-7-14-24)28(19-23-11-4-1-5-12-23)30(35)32-26-16-8-3-9-17-26/h1-2,4-7,10-15,18,20,26,28H,3,8-9,16-17,19,21-22H2,(H,32,35). The molecule has 0 spiro atoms. The van der Waals surface area contributed by atoms with Crippen LogP contribution >= 0.6 is 11.6 Å². The molecule has 1 saturated carbocycles. The van der Waals surface area contributed by atoms with Crippen LogP contribution in [0.4, 0.5) is 0 Å². The van der Waals surface area contributed by atoms with E-state index in [1.54, 1.807) is 29.2 Å². The van der Waals surface area contributed by atoms with Crippen LogP contribution in [0.15, 0.2) is 84.9 Å². The lowest BCUT2D eigenvalue weighted by molar-refractivity contribution is -0.143. The zero-order valence-corrected chi connectivity index (χ0v) is 21.2. The number of halogens is 1. The Kier molecular flexibility index (Phi) is 9.40. The minimum atomic E-state index is -0.662. The number of benzene rings is 3. The lowest BCUT2D eigenvalue weighted by Crippen LogP contribution is -2.53. The molecule has 0 saturated heterocycles. The predicted molar refractivity (Wildman–Crippen MR) is 143 cm³/mol. The molecule has 1 aliphatic rings. The Hall–Kier alpha value is -3.31. The third kappa shape index (κ3) is 7.59. The van der Waals surface area contributed by atoms with Crippen LogP contribution in [0.5, 0.6) is 5.75 Å². The van der Waals surface area contributed by atoms with E-state index in [4.69, 9.17) is 16.3 Å².